The van der Waals surface area contributed by atoms with Crippen molar-refractivity contribution >= 4 is 28.1 Å². The van der Waals surface area contributed by atoms with Crippen molar-refractivity contribution in [2.75, 3.05) is 36.0 Å². The number of hydrogen-bond acceptors (Lipinski definition) is 7. The largest absolute Gasteiger partial charge is 0.371 e. The Labute approximate surface area is 230 Å². The summed E-state index contributed by atoms with van der Waals surface area (Å²) in [5, 5.41) is 1.04. The molecule has 0 unspecified atom stereocenters. The van der Waals surface area contributed by atoms with Crippen molar-refractivity contribution in [3.63, 3.8) is 0 Å². The zero-order valence-electron chi connectivity index (χ0n) is 22.5. The van der Waals surface area contributed by atoms with Crippen molar-refractivity contribution < 1.29 is 4.79 Å². The van der Waals surface area contributed by atoms with Crippen LogP contribution in [0.5, 0.6) is 0 Å². The Morgan fingerprint density at radius 2 is 1.72 bits per heavy atom. The first kappa shape index (κ1) is 25.4. The second-order valence-electron chi connectivity index (χ2n) is 11.2. The Balaban J connectivity index is 1.18. The van der Waals surface area contributed by atoms with Crippen molar-refractivity contribution in [1.82, 2.24) is 15.0 Å². The van der Waals surface area contributed by atoms with E-state index >= 15 is 0 Å². The molecule has 5 heterocycles. The second kappa shape index (κ2) is 11.1. The number of piperidine rings is 2. The monoisotopic (exact) mass is 520 g/mol. The highest BCUT2D eigenvalue weighted by Gasteiger charge is 2.25. The number of Topliss-reactive ketones (excluding diaryl/α,β-unsaturated/α-hetero) is 1. The Morgan fingerprint density at radius 1 is 0.949 bits per heavy atom. The summed E-state index contributed by atoms with van der Waals surface area (Å²) in [5.74, 6) is 1.10. The van der Waals surface area contributed by atoms with E-state index in [0.717, 1.165) is 73.3 Å². The molecule has 0 radical (unpaired) electrons. The van der Waals surface area contributed by atoms with Crippen LogP contribution in [0.2, 0.25) is 0 Å². The lowest BCUT2D eigenvalue weighted by molar-refractivity contribution is 0.0988. The third-order valence-corrected chi connectivity index (χ3v) is 8.26. The van der Waals surface area contributed by atoms with Gasteiger partial charge in [-0.2, -0.15) is 0 Å². The number of benzene rings is 1. The Hall–Kier alpha value is -3.84. The molecule has 7 nitrogen and oxygen atoms in total. The summed E-state index contributed by atoms with van der Waals surface area (Å²) >= 11 is 0. The summed E-state index contributed by atoms with van der Waals surface area (Å²) in [6.07, 6.45) is 10.9. The highest BCUT2D eigenvalue weighted by Crippen LogP contribution is 2.32. The topological polar surface area (TPSA) is 88.2 Å². The fourth-order valence-electron chi connectivity index (χ4n) is 6.29. The van der Waals surface area contributed by atoms with Crippen LogP contribution < -0.4 is 15.5 Å². The molecule has 2 fully saturated rings. The van der Waals surface area contributed by atoms with E-state index in [1.54, 1.807) is 6.20 Å². The third kappa shape index (κ3) is 5.64. The van der Waals surface area contributed by atoms with Crippen LogP contribution >= 0.6 is 0 Å². The Morgan fingerprint density at radius 3 is 2.51 bits per heavy atom. The van der Waals surface area contributed by atoms with Gasteiger partial charge in [0.15, 0.2) is 5.78 Å². The lowest BCUT2D eigenvalue weighted by atomic mass is 9.90. The average Bonchev–Trinajstić information content (AvgIpc) is 2.97. The summed E-state index contributed by atoms with van der Waals surface area (Å²) in [7, 11) is 0. The second-order valence-corrected chi connectivity index (χ2v) is 11.2. The van der Waals surface area contributed by atoms with Crippen molar-refractivity contribution in [2.45, 2.75) is 44.6 Å². The van der Waals surface area contributed by atoms with Gasteiger partial charge in [0.05, 0.1) is 5.52 Å². The number of rotatable bonds is 6. The molecule has 4 aromatic rings. The van der Waals surface area contributed by atoms with E-state index in [4.69, 9.17) is 10.7 Å². The van der Waals surface area contributed by atoms with E-state index in [1.165, 1.54) is 5.56 Å². The Bertz CT molecular complexity index is 1440. The molecule has 0 amide bonds. The van der Waals surface area contributed by atoms with E-state index in [1.807, 2.05) is 36.8 Å². The van der Waals surface area contributed by atoms with Gasteiger partial charge in [-0.15, -0.1) is 0 Å². The zero-order chi connectivity index (χ0) is 26.8. The van der Waals surface area contributed by atoms with Gasteiger partial charge in [-0.3, -0.25) is 14.8 Å². The summed E-state index contributed by atoms with van der Waals surface area (Å²) < 4.78 is 0. The number of carbonyl (C=O) groups excluding carboxylic acids is 1. The highest BCUT2D eigenvalue weighted by molar-refractivity contribution is 5.98. The van der Waals surface area contributed by atoms with Gasteiger partial charge in [0.1, 0.15) is 5.69 Å². The van der Waals surface area contributed by atoms with E-state index in [2.05, 4.69) is 57.0 Å². The number of fused-ring (bicyclic) bond motifs is 1. The molecule has 0 saturated carbocycles. The van der Waals surface area contributed by atoms with Gasteiger partial charge in [-0.05, 0) is 73.1 Å². The summed E-state index contributed by atoms with van der Waals surface area (Å²) in [5.41, 5.74) is 12.2. The van der Waals surface area contributed by atoms with Crippen LogP contribution in [-0.2, 0) is 6.42 Å². The van der Waals surface area contributed by atoms with Crippen molar-refractivity contribution in [1.29, 1.82) is 0 Å². The SMILES string of the molecule is C[C@@H]1C[C@H](N)CN(c2ccncc2CC(=O)c2ccc3ccc(N4CCC(c5ccncc5)CC4)cc3n2)C1. The molecule has 0 spiro atoms. The molecule has 200 valence electrons. The fourth-order valence-corrected chi connectivity index (χ4v) is 6.29. The number of carbonyl (C=O) groups is 1. The molecule has 2 N–H and O–H groups in total. The molecule has 2 atom stereocenters. The van der Waals surface area contributed by atoms with E-state index in [-0.39, 0.29) is 18.2 Å². The minimum atomic E-state index is 0.00377. The van der Waals surface area contributed by atoms with Gasteiger partial charge in [-0.25, -0.2) is 4.98 Å². The zero-order valence-corrected chi connectivity index (χ0v) is 22.5. The van der Waals surface area contributed by atoms with Crippen LogP contribution in [0.15, 0.2) is 73.3 Å². The first-order valence-corrected chi connectivity index (χ1v) is 14.1. The van der Waals surface area contributed by atoms with Crippen molar-refractivity contribution in [3.8, 4) is 0 Å². The molecule has 6 rings (SSSR count). The first-order valence-electron chi connectivity index (χ1n) is 14.1. The molecule has 7 heteroatoms. The van der Waals surface area contributed by atoms with E-state index in [9.17, 15) is 4.79 Å². The minimum Gasteiger partial charge on any atom is -0.371 e. The van der Waals surface area contributed by atoms with Gasteiger partial charge < -0.3 is 15.5 Å². The number of hydrogen-bond donors (Lipinski definition) is 1. The van der Waals surface area contributed by atoms with Gasteiger partial charge >= 0.3 is 0 Å². The standard InChI is InChI=1S/C32H36N6O/c1-22-16-27(33)21-38(20-22)31-8-13-35-19-26(31)17-32(39)29-5-3-25-2-4-28(18-30(25)36-29)37-14-9-24(10-15-37)23-6-11-34-12-7-23/h2-8,11-13,18-19,22,24,27H,9-10,14-17,20-21,33H2,1H3/t22-,27+/m1/s1. The molecular formula is C32H36N6O. The fraction of sp³-hybridized carbons (Fsp3) is 0.375. The quantitative estimate of drug-likeness (QED) is 0.358. The van der Waals surface area contributed by atoms with Crippen LogP contribution in [0.4, 0.5) is 11.4 Å². The molecule has 39 heavy (non-hydrogen) atoms. The maximum atomic E-state index is 13.4. The maximum absolute atomic E-state index is 13.4. The van der Waals surface area contributed by atoms with Crippen LogP contribution in [0.3, 0.4) is 0 Å². The number of nitrogens with two attached hydrogens (primary N) is 1. The number of anilines is 2. The van der Waals surface area contributed by atoms with Gasteiger partial charge in [-0.1, -0.05) is 19.1 Å². The van der Waals surface area contributed by atoms with Gasteiger partial charge in [0, 0.05) is 85.8 Å². The number of ketones is 1. The Kier molecular flexibility index (Phi) is 7.24. The van der Waals surface area contributed by atoms with Crippen LogP contribution in [-0.4, -0.2) is 53.0 Å². The lowest BCUT2D eigenvalue weighted by Gasteiger charge is -2.37. The number of nitrogens with zero attached hydrogens (tertiary/aromatic N) is 5. The van der Waals surface area contributed by atoms with Crippen LogP contribution in [0, 0.1) is 5.92 Å². The van der Waals surface area contributed by atoms with Crippen LogP contribution in [0.1, 0.15) is 53.7 Å². The molecule has 0 bridgehead atoms. The normalized spacial score (nSPS) is 20.4. The average molecular weight is 521 g/mol. The molecule has 1 aromatic carbocycles. The smallest absolute Gasteiger partial charge is 0.185 e. The predicted molar refractivity (Wildman–Crippen MR) is 156 cm³/mol. The van der Waals surface area contributed by atoms with Crippen molar-refractivity contribution in [2.24, 2.45) is 11.7 Å². The molecule has 2 saturated heterocycles. The van der Waals surface area contributed by atoms with Gasteiger partial charge in [0.25, 0.3) is 0 Å². The first-order chi connectivity index (χ1) is 19.0. The van der Waals surface area contributed by atoms with E-state index in [0.29, 0.717) is 17.5 Å². The van der Waals surface area contributed by atoms with Crippen molar-refractivity contribution in [3.05, 3.63) is 90.1 Å². The number of aromatic nitrogens is 3. The van der Waals surface area contributed by atoms with E-state index < -0.39 is 0 Å². The molecular weight excluding hydrogens is 484 g/mol. The molecule has 2 aliphatic heterocycles. The molecule has 2 aliphatic rings. The maximum Gasteiger partial charge on any atom is 0.185 e. The predicted octanol–water partition coefficient (Wildman–Crippen LogP) is 5.01. The third-order valence-electron chi connectivity index (χ3n) is 8.26. The molecule has 0 aliphatic carbocycles. The van der Waals surface area contributed by atoms with Crippen LogP contribution in [0.25, 0.3) is 10.9 Å². The number of pyridine rings is 3. The summed E-state index contributed by atoms with van der Waals surface area (Å²) in [6.45, 7) is 5.97. The highest BCUT2D eigenvalue weighted by atomic mass is 16.1. The molecule has 3 aromatic heterocycles. The summed E-state index contributed by atoms with van der Waals surface area (Å²) in [4.78, 5) is 31.5. The summed E-state index contributed by atoms with van der Waals surface area (Å²) in [6, 6.07) is 16.7. The van der Waals surface area contributed by atoms with Gasteiger partial charge in [0.2, 0.25) is 0 Å². The lowest BCUT2D eigenvalue weighted by Crippen LogP contribution is -2.46. The minimum absolute atomic E-state index is 0.00377.